The third-order valence-electron chi connectivity index (χ3n) is 5.57. The van der Waals surface area contributed by atoms with Gasteiger partial charge in [-0.2, -0.15) is 0 Å². The first-order chi connectivity index (χ1) is 13.7. The Labute approximate surface area is 170 Å². The molecule has 3 amide bonds. The molecule has 7 heteroatoms. The molecule has 1 aliphatic heterocycles. The van der Waals surface area contributed by atoms with Gasteiger partial charge in [0.05, 0.1) is 11.8 Å². The Morgan fingerprint density at radius 3 is 2.21 bits per heavy atom. The monoisotopic (exact) mass is 398 g/mol. The summed E-state index contributed by atoms with van der Waals surface area (Å²) in [4.78, 5) is 51.2. The van der Waals surface area contributed by atoms with E-state index in [9.17, 15) is 19.2 Å². The highest BCUT2D eigenvalue weighted by molar-refractivity contribution is 6.08. The minimum atomic E-state index is -1.07. The van der Waals surface area contributed by atoms with Crippen LogP contribution in [0, 0.1) is 25.7 Å². The van der Waals surface area contributed by atoms with Crippen molar-refractivity contribution in [1.82, 2.24) is 4.90 Å². The van der Waals surface area contributed by atoms with E-state index in [-0.39, 0.29) is 11.8 Å². The van der Waals surface area contributed by atoms with E-state index in [1.54, 1.807) is 6.07 Å². The number of carbonyl (C=O) groups excluding carboxylic acids is 4. The highest BCUT2D eigenvalue weighted by Gasteiger charge is 2.50. The fraction of sp³-hybridized carbons (Fsp3) is 0.455. The summed E-state index contributed by atoms with van der Waals surface area (Å²) < 4.78 is 5.26. The Hall–Kier alpha value is -2.96. The number of nitrogens with one attached hydrogen (secondary N) is 1. The molecule has 1 fully saturated rings. The van der Waals surface area contributed by atoms with Crippen LogP contribution in [-0.2, 0) is 23.9 Å². The number of imide groups is 1. The number of rotatable bonds is 5. The number of fused-ring (bicyclic) bond motifs is 1. The van der Waals surface area contributed by atoms with Crippen LogP contribution in [0.5, 0.6) is 0 Å². The summed E-state index contributed by atoms with van der Waals surface area (Å²) in [6.07, 6.45) is 3.71. The molecule has 0 radical (unpaired) electrons. The predicted molar refractivity (Wildman–Crippen MR) is 107 cm³/mol. The van der Waals surface area contributed by atoms with Crippen LogP contribution >= 0.6 is 0 Å². The normalized spacial score (nSPS) is 22.8. The molecule has 0 spiro atoms. The number of likely N-dealkylation sites (tertiary alicyclic amines) is 1. The number of hydrogen-bond donors (Lipinski definition) is 1. The number of allylic oxidation sites excluding steroid dienone is 2. The molecule has 7 nitrogen and oxygen atoms in total. The van der Waals surface area contributed by atoms with Gasteiger partial charge in [-0.1, -0.05) is 29.8 Å². The van der Waals surface area contributed by atoms with Crippen LogP contribution in [0.4, 0.5) is 5.69 Å². The number of amides is 3. The first kappa shape index (κ1) is 20.8. The number of aryl methyl sites for hydroxylation is 2. The maximum Gasteiger partial charge on any atom is 0.329 e. The SMILES string of the molecule is Cc1ccc(NC(=O)[C@@H](C)OC(=O)[C@H](C)N2C(=O)[C@H]3CC=CC[C@H]3C2=O)c(C)c1. The van der Waals surface area contributed by atoms with Crippen molar-refractivity contribution in [2.24, 2.45) is 11.8 Å². The predicted octanol–water partition coefficient (Wildman–Crippen LogP) is 2.51. The average Bonchev–Trinajstić information content (AvgIpc) is 2.94. The number of esters is 1. The van der Waals surface area contributed by atoms with Crippen LogP contribution in [0.1, 0.15) is 37.8 Å². The van der Waals surface area contributed by atoms with Crippen molar-refractivity contribution >= 4 is 29.4 Å². The van der Waals surface area contributed by atoms with Gasteiger partial charge in [0.25, 0.3) is 5.91 Å². The van der Waals surface area contributed by atoms with Crippen molar-refractivity contribution in [2.75, 3.05) is 5.32 Å². The lowest BCUT2D eigenvalue weighted by Crippen LogP contribution is -2.46. The topological polar surface area (TPSA) is 92.8 Å². The molecular formula is C22H26N2O5. The zero-order valence-corrected chi connectivity index (χ0v) is 17.1. The lowest BCUT2D eigenvalue weighted by atomic mass is 9.85. The van der Waals surface area contributed by atoms with Crippen LogP contribution < -0.4 is 5.32 Å². The molecular weight excluding hydrogens is 372 g/mol. The van der Waals surface area contributed by atoms with Crippen LogP contribution in [0.25, 0.3) is 0 Å². The second-order valence-corrected chi connectivity index (χ2v) is 7.76. The largest absolute Gasteiger partial charge is 0.451 e. The van der Waals surface area contributed by atoms with Gasteiger partial charge in [0.15, 0.2) is 6.10 Å². The number of carbonyl (C=O) groups is 4. The quantitative estimate of drug-likeness (QED) is 0.467. The standard InChI is InChI=1S/C22H26N2O5/c1-12-9-10-18(13(2)11-12)23-19(25)15(4)29-22(28)14(3)24-20(26)16-7-5-6-8-17(16)21(24)27/h5-6,9-11,14-17H,7-8H2,1-4H3,(H,23,25)/t14-,15+,16-,17+/m0/s1. The first-order valence-corrected chi connectivity index (χ1v) is 9.81. The van der Waals surface area contributed by atoms with Crippen molar-refractivity contribution in [3.05, 3.63) is 41.5 Å². The minimum absolute atomic E-state index is 0.346. The van der Waals surface area contributed by atoms with E-state index in [1.165, 1.54) is 13.8 Å². The zero-order valence-electron chi connectivity index (χ0n) is 17.1. The number of nitrogens with zero attached hydrogens (tertiary/aromatic N) is 1. The van der Waals surface area contributed by atoms with Gasteiger partial charge in [0, 0.05) is 5.69 Å². The van der Waals surface area contributed by atoms with Gasteiger partial charge in [-0.25, -0.2) is 4.79 Å². The number of benzene rings is 1. The van der Waals surface area contributed by atoms with Crippen molar-refractivity contribution in [3.63, 3.8) is 0 Å². The molecule has 1 saturated heterocycles. The molecule has 29 heavy (non-hydrogen) atoms. The van der Waals surface area contributed by atoms with Gasteiger partial charge in [-0.15, -0.1) is 0 Å². The van der Waals surface area contributed by atoms with Crippen molar-refractivity contribution in [3.8, 4) is 0 Å². The number of hydrogen-bond acceptors (Lipinski definition) is 5. The molecule has 0 aromatic heterocycles. The second kappa shape index (κ2) is 8.19. The van der Waals surface area contributed by atoms with Crippen molar-refractivity contribution in [2.45, 2.75) is 52.7 Å². The maximum absolute atomic E-state index is 12.6. The van der Waals surface area contributed by atoms with E-state index >= 15 is 0 Å². The third kappa shape index (κ3) is 4.09. The van der Waals surface area contributed by atoms with Crippen molar-refractivity contribution < 1.29 is 23.9 Å². The van der Waals surface area contributed by atoms with E-state index in [1.807, 2.05) is 38.1 Å². The van der Waals surface area contributed by atoms with Gasteiger partial charge in [0.1, 0.15) is 6.04 Å². The fourth-order valence-electron chi connectivity index (χ4n) is 3.83. The molecule has 0 saturated carbocycles. The minimum Gasteiger partial charge on any atom is -0.451 e. The molecule has 1 heterocycles. The molecule has 4 atom stereocenters. The van der Waals surface area contributed by atoms with Crippen LogP contribution in [-0.4, -0.2) is 40.7 Å². The third-order valence-corrected chi connectivity index (χ3v) is 5.57. The fourth-order valence-corrected chi connectivity index (χ4v) is 3.83. The Bertz CT molecular complexity index is 865. The molecule has 154 valence electrons. The van der Waals surface area contributed by atoms with Crippen LogP contribution in [0.3, 0.4) is 0 Å². The van der Waals surface area contributed by atoms with E-state index in [2.05, 4.69) is 5.32 Å². The smallest absolute Gasteiger partial charge is 0.329 e. The summed E-state index contributed by atoms with van der Waals surface area (Å²) in [5.74, 6) is -2.76. The van der Waals surface area contributed by atoms with Gasteiger partial charge in [0.2, 0.25) is 11.8 Å². The summed E-state index contributed by atoms with van der Waals surface area (Å²) in [5, 5.41) is 2.74. The highest BCUT2D eigenvalue weighted by atomic mass is 16.5. The lowest BCUT2D eigenvalue weighted by Gasteiger charge is -2.23. The van der Waals surface area contributed by atoms with E-state index in [0.717, 1.165) is 16.0 Å². The summed E-state index contributed by atoms with van der Waals surface area (Å²) in [7, 11) is 0. The van der Waals surface area contributed by atoms with Gasteiger partial charge in [-0.05, 0) is 52.2 Å². The van der Waals surface area contributed by atoms with Gasteiger partial charge in [-0.3, -0.25) is 19.3 Å². The molecule has 2 aliphatic rings. The average molecular weight is 398 g/mol. The molecule has 1 N–H and O–H groups in total. The lowest BCUT2D eigenvalue weighted by molar-refractivity contribution is -0.163. The maximum atomic E-state index is 12.6. The summed E-state index contributed by atoms with van der Waals surface area (Å²) >= 11 is 0. The molecule has 1 aromatic carbocycles. The Morgan fingerprint density at radius 2 is 1.66 bits per heavy atom. The Morgan fingerprint density at radius 1 is 1.07 bits per heavy atom. The molecule has 0 bridgehead atoms. The first-order valence-electron chi connectivity index (χ1n) is 9.81. The molecule has 1 aliphatic carbocycles. The van der Waals surface area contributed by atoms with Crippen LogP contribution in [0.15, 0.2) is 30.4 Å². The van der Waals surface area contributed by atoms with Gasteiger partial charge < -0.3 is 10.1 Å². The molecule has 1 aromatic rings. The zero-order chi connectivity index (χ0) is 21.3. The second-order valence-electron chi connectivity index (χ2n) is 7.76. The molecule has 3 rings (SSSR count). The summed E-state index contributed by atoms with van der Waals surface area (Å²) in [6.45, 7) is 6.75. The summed E-state index contributed by atoms with van der Waals surface area (Å²) in [6, 6.07) is 4.53. The van der Waals surface area contributed by atoms with E-state index in [4.69, 9.17) is 4.74 Å². The van der Waals surface area contributed by atoms with E-state index in [0.29, 0.717) is 18.5 Å². The van der Waals surface area contributed by atoms with E-state index < -0.39 is 35.9 Å². The van der Waals surface area contributed by atoms with Crippen molar-refractivity contribution in [1.29, 1.82) is 0 Å². The highest BCUT2D eigenvalue weighted by Crippen LogP contribution is 2.36. The summed E-state index contributed by atoms with van der Waals surface area (Å²) in [5.41, 5.74) is 2.61. The Kier molecular flexibility index (Phi) is 5.86. The molecule has 0 unspecified atom stereocenters. The van der Waals surface area contributed by atoms with Gasteiger partial charge >= 0.3 is 5.97 Å². The van der Waals surface area contributed by atoms with Crippen LogP contribution in [0.2, 0.25) is 0 Å². The Balaban J connectivity index is 1.62. The number of ether oxygens (including phenoxy) is 1. The number of anilines is 1.